The van der Waals surface area contributed by atoms with E-state index in [2.05, 4.69) is 22.2 Å². The topological polar surface area (TPSA) is 58.6 Å². The third-order valence-electron chi connectivity index (χ3n) is 2.79. The van der Waals surface area contributed by atoms with Gasteiger partial charge in [-0.15, -0.1) is 0 Å². The molecule has 4 nitrogen and oxygen atoms in total. The predicted octanol–water partition coefficient (Wildman–Crippen LogP) is 1.48. The Morgan fingerprint density at radius 1 is 1.33 bits per heavy atom. The molecule has 0 fully saturated rings. The maximum absolute atomic E-state index is 11.2. The van der Waals surface area contributed by atoms with E-state index < -0.39 is 11.7 Å². The van der Waals surface area contributed by atoms with E-state index in [0.717, 1.165) is 19.3 Å². The molecule has 0 aliphatic rings. The summed E-state index contributed by atoms with van der Waals surface area (Å²) in [7, 11) is 1.26. The van der Waals surface area contributed by atoms with Crippen molar-refractivity contribution in [3.63, 3.8) is 0 Å². The van der Waals surface area contributed by atoms with Gasteiger partial charge in [0.1, 0.15) is 0 Å². The van der Waals surface area contributed by atoms with Crippen LogP contribution in [0.1, 0.15) is 25.3 Å². The Morgan fingerprint density at radius 3 is 2.61 bits per heavy atom. The van der Waals surface area contributed by atoms with Crippen molar-refractivity contribution < 1.29 is 14.6 Å². The number of hydrogen-bond donors (Lipinski definition) is 2. The lowest BCUT2D eigenvalue weighted by molar-refractivity contribution is -0.163. The average molecular weight is 251 g/mol. The molecule has 1 atom stereocenters. The van der Waals surface area contributed by atoms with Crippen molar-refractivity contribution in [2.75, 3.05) is 13.7 Å². The summed E-state index contributed by atoms with van der Waals surface area (Å²) in [5, 5.41) is 12.5. The molecule has 4 heteroatoms. The number of carbonyl (C=O) groups excluding carboxylic acids is 1. The quantitative estimate of drug-likeness (QED) is 0.438. The molecule has 2 N–H and O–H groups in total. The lowest BCUT2D eigenvalue weighted by Crippen LogP contribution is -2.50. The molecule has 0 saturated carbocycles. The Bertz CT molecular complexity index is 363. The van der Waals surface area contributed by atoms with E-state index in [0.29, 0.717) is 6.54 Å². The van der Waals surface area contributed by atoms with Gasteiger partial charge in [-0.2, -0.15) is 0 Å². The average Bonchev–Trinajstić information content (AvgIpc) is 2.38. The molecular weight excluding hydrogens is 230 g/mol. The van der Waals surface area contributed by atoms with Gasteiger partial charge in [-0.05, 0) is 38.3 Å². The highest BCUT2D eigenvalue weighted by atomic mass is 16.5. The van der Waals surface area contributed by atoms with Gasteiger partial charge in [0, 0.05) is 0 Å². The van der Waals surface area contributed by atoms with E-state index in [4.69, 9.17) is 0 Å². The van der Waals surface area contributed by atoms with E-state index in [1.54, 1.807) is 0 Å². The second-order valence-corrected chi connectivity index (χ2v) is 4.43. The number of rotatable bonds is 7. The van der Waals surface area contributed by atoms with E-state index in [-0.39, 0.29) is 0 Å². The van der Waals surface area contributed by atoms with Crippen LogP contribution in [0, 0.1) is 0 Å². The number of unbranched alkanes of at least 4 members (excludes halogenated alkanes) is 1. The van der Waals surface area contributed by atoms with Crippen molar-refractivity contribution in [3.8, 4) is 0 Å². The van der Waals surface area contributed by atoms with Gasteiger partial charge < -0.3 is 9.84 Å². The second-order valence-electron chi connectivity index (χ2n) is 4.43. The standard InChI is InChI=1S/C14H21NO3/c1-14(17,13(16)18-2)15-11-7-6-10-12-8-4-3-5-9-12/h3-5,8-9,15,17H,6-7,10-11H2,1-2H3. The number of esters is 1. The monoisotopic (exact) mass is 251 g/mol. The Morgan fingerprint density at radius 2 is 2.00 bits per heavy atom. The van der Waals surface area contributed by atoms with Gasteiger partial charge >= 0.3 is 5.97 Å². The molecular formula is C14H21NO3. The largest absolute Gasteiger partial charge is 0.466 e. The fourth-order valence-corrected chi connectivity index (χ4v) is 1.70. The minimum absolute atomic E-state index is 0.578. The minimum atomic E-state index is -1.60. The highest BCUT2D eigenvalue weighted by molar-refractivity contribution is 5.77. The zero-order chi connectivity index (χ0) is 13.4. The summed E-state index contributed by atoms with van der Waals surface area (Å²) < 4.78 is 4.49. The summed E-state index contributed by atoms with van der Waals surface area (Å²) in [5.41, 5.74) is -0.293. The van der Waals surface area contributed by atoms with Gasteiger partial charge in [-0.25, -0.2) is 4.79 Å². The van der Waals surface area contributed by atoms with E-state index in [1.807, 2.05) is 18.2 Å². The first-order valence-corrected chi connectivity index (χ1v) is 6.16. The molecule has 1 unspecified atom stereocenters. The van der Waals surface area contributed by atoms with Gasteiger partial charge in [0.15, 0.2) is 0 Å². The fourth-order valence-electron chi connectivity index (χ4n) is 1.70. The molecule has 0 spiro atoms. The lowest BCUT2D eigenvalue weighted by atomic mass is 10.1. The molecule has 0 saturated heterocycles. The van der Waals surface area contributed by atoms with Crippen LogP contribution in [0.2, 0.25) is 0 Å². The van der Waals surface area contributed by atoms with Gasteiger partial charge in [-0.1, -0.05) is 30.3 Å². The van der Waals surface area contributed by atoms with Crippen LogP contribution in [-0.2, 0) is 16.0 Å². The molecule has 0 aliphatic carbocycles. The molecule has 0 amide bonds. The van der Waals surface area contributed by atoms with Crippen molar-refractivity contribution in [2.24, 2.45) is 0 Å². The number of hydrogen-bond acceptors (Lipinski definition) is 4. The van der Waals surface area contributed by atoms with Crippen LogP contribution in [-0.4, -0.2) is 30.5 Å². The Balaban J connectivity index is 2.17. The molecule has 0 aromatic heterocycles. The fraction of sp³-hybridized carbons (Fsp3) is 0.500. The highest BCUT2D eigenvalue weighted by Crippen LogP contribution is 2.05. The number of benzene rings is 1. The predicted molar refractivity (Wildman–Crippen MR) is 70.0 cm³/mol. The van der Waals surface area contributed by atoms with E-state index in [9.17, 15) is 9.90 Å². The number of carbonyl (C=O) groups is 1. The number of ether oxygens (including phenoxy) is 1. The smallest absolute Gasteiger partial charge is 0.353 e. The Hall–Kier alpha value is -1.39. The third kappa shape index (κ3) is 4.85. The molecule has 0 heterocycles. The van der Waals surface area contributed by atoms with Crippen LogP contribution in [0.25, 0.3) is 0 Å². The van der Waals surface area contributed by atoms with Crippen LogP contribution in [0.4, 0.5) is 0 Å². The summed E-state index contributed by atoms with van der Waals surface area (Å²) in [5.74, 6) is -0.662. The molecule has 0 aliphatic heterocycles. The zero-order valence-electron chi connectivity index (χ0n) is 11.0. The van der Waals surface area contributed by atoms with Crippen molar-refractivity contribution in [1.29, 1.82) is 0 Å². The van der Waals surface area contributed by atoms with Gasteiger partial charge in [0.25, 0.3) is 0 Å². The van der Waals surface area contributed by atoms with Crippen molar-refractivity contribution in [3.05, 3.63) is 35.9 Å². The second kappa shape index (κ2) is 7.13. The molecule has 0 radical (unpaired) electrons. The van der Waals surface area contributed by atoms with Gasteiger partial charge in [-0.3, -0.25) is 5.32 Å². The van der Waals surface area contributed by atoms with Crippen LogP contribution in [0.3, 0.4) is 0 Å². The van der Waals surface area contributed by atoms with Crippen molar-refractivity contribution in [1.82, 2.24) is 5.32 Å². The molecule has 1 aromatic rings. The first kappa shape index (κ1) is 14.7. The first-order valence-electron chi connectivity index (χ1n) is 6.16. The van der Waals surface area contributed by atoms with Gasteiger partial charge in [0.2, 0.25) is 5.72 Å². The van der Waals surface area contributed by atoms with E-state index in [1.165, 1.54) is 19.6 Å². The lowest BCUT2D eigenvalue weighted by Gasteiger charge is -2.21. The first-order chi connectivity index (χ1) is 8.56. The highest BCUT2D eigenvalue weighted by Gasteiger charge is 2.30. The molecule has 0 bridgehead atoms. The number of methoxy groups -OCH3 is 1. The Kier molecular flexibility index (Phi) is 5.82. The van der Waals surface area contributed by atoms with Crippen molar-refractivity contribution >= 4 is 5.97 Å². The third-order valence-corrected chi connectivity index (χ3v) is 2.79. The van der Waals surface area contributed by atoms with Gasteiger partial charge in [0.05, 0.1) is 7.11 Å². The van der Waals surface area contributed by atoms with Crippen LogP contribution in [0.15, 0.2) is 30.3 Å². The number of aliphatic hydroxyl groups is 1. The summed E-state index contributed by atoms with van der Waals surface area (Å²) in [6, 6.07) is 10.2. The minimum Gasteiger partial charge on any atom is -0.466 e. The van der Waals surface area contributed by atoms with Crippen molar-refractivity contribution in [2.45, 2.75) is 31.9 Å². The molecule has 100 valence electrons. The number of nitrogens with one attached hydrogen (secondary N) is 1. The number of aryl methyl sites for hydroxylation is 1. The van der Waals surface area contributed by atoms with Crippen LogP contribution >= 0.6 is 0 Å². The summed E-state index contributed by atoms with van der Waals surface area (Å²) >= 11 is 0. The van der Waals surface area contributed by atoms with E-state index >= 15 is 0 Å². The van der Waals surface area contributed by atoms with Crippen LogP contribution in [0.5, 0.6) is 0 Å². The summed E-state index contributed by atoms with van der Waals surface area (Å²) in [6.07, 6.45) is 2.90. The maximum Gasteiger partial charge on any atom is 0.353 e. The SMILES string of the molecule is COC(=O)C(C)(O)NCCCCc1ccccc1. The maximum atomic E-state index is 11.2. The normalized spacial score (nSPS) is 13.9. The zero-order valence-corrected chi connectivity index (χ0v) is 11.0. The summed E-state index contributed by atoms with van der Waals surface area (Å²) in [4.78, 5) is 11.2. The van der Waals surface area contributed by atoms with Crippen LogP contribution < -0.4 is 5.32 Å². The molecule has 18 heavy (non-hydrogen) atoms. The Labute approximate surface area is 108 Å². The molecule has 1 aromatic carbocycles. The summed E-state index contributed by atoms with van der Waals surface area (Å²) in [6.45, 7) is 1.98. The molecule has 1 rings (SSSR count).